The van der Waals surface area contributed by atoms with E-state index in [0.717, 1.165) is 10.9 Å². The summed E-state index contributed by atoms with van der Waals surface area (Å²) in [6, 6.07) is 7.22. The van der Waals surface area contributed by atoms with Crippen LogP contribution in [0, 0.1) is 11.3 Å². The summed E-state index contributed by atoms with van der Waals surface area (Å²) in [5.41, 5.74) is 2.61. The van der Waals surface area contributed by atoms with Crippen LogP contribution in [0.4, 0.5) is 0 Å². The molecule has 0 aromatic carbocycles. The molecule has 3 aromatic heterocycles. The highest BCUT2D eigenvalue weighted by molar-refractivity contribution is 6.31. The predicted molar refractivity (Wildman–Crippen MR) is 72.8 cm³/mol. The summed E-state index contributed by atoms with van der Waals surface area (Å²) in [7, 11) is 0. The maximum atomic E-state index is 8.93. The summed E-state index contributed by atoms with van der Waals surface area (Å²) < 4.78 is 1.42. The molecule has 6 heteroatoms. The fourth-order valence-corrected chi connectivity index (χ4v) is 2.12. The summed E-state index contributed by atoms with van der Waals surface area (Å²) in [6.07, 6.45) is 4.85. The van der Waals surface area contributed by atoms with Crippen molar-refractivity contribution in [2.45, 2.75) is 0 Å². The Kier molecular flexibility index (Phi) is 2.58. The van der Waals surface area contributed by atoms with Crippen LogP contribution in [0.2, 0.25) is 5.02 Å². The highest BCUT2D eigenvalue weighted by Gasteiger charge is 2.12. The van der Waals surface area contributed by atoms with Gasteiger partial charge in [0.25, 0.3) is 0 Å². The second-order valence-corrected chi connectivity index (χ2v) is 4.45. The lowest BCUT2D eigenvalue weighted by Crippen LogP contribution is -2.06. The van der Waals surface area contributed by atoms with Gasteiger partial charge >= 0.3 is 0 Å². The van der Waals surface area contributed by atoms with Gasteiger partial charge in [-0.25, -0.2) is 4.98 Å². The number of aromatic nitrogens is 3. The molecule has 0 amide bonds. The van der Waals surface area contributed by atoms with E-state index in [1.807, 2.05) is 0 Å². The number of pyridine rings is 2. The van der Waals surface area contributed by atoms with E-state index in [0.29, 0.717) is 21.9 Å². The quantitative estimate of drug-likeness (QED) is 0.688. The fraction of sp³-hybridized carbons (Fsp3) is 0. The van der Waals surface area contributed by atoms with Gasteiger partial charge in [0.2, 0.25) is 0 Å². The highest BCUT2D eigenvalue weighted by Crippen LogP contribution is 2.29. The van der Waals surface area contributed by atoms with Gasteiger partial charge < -0.3 is 5.84 Å². The van der Waals surface area contributed by atoms with E-state index in [1.165, 1.54) is 10.9 Å². The van der Waals surface area contributed by atoms with Gasteiger partial charge in [-0.3, -0.25) is 9.66 Å². The SMILES string of the molecule is N#Cc1ccnc(-c2cn(N)c3ncc(Cl)cc23)c1. The van der Waals surface area contributed by atoms with Crippen LogP contribution in [-0.2, 0) is 0 Å². The van der Waals surface area contributed by atoms with Crippen LogP contribution in [0.15, 0.2) is 36.8 Å². The molecule has 3 rings (SSSR count). The van der Waals surface area contributed by atoms with E-state index in [2.05, 4.69) is 16.0 Å². The van der Waals surface area contributed by atoms with Gasteiger partial charge in [-0.15, -0.1) is 0 Å². The molecule has 0 saturated heterocycles. The second kappa shape index (κ2) is 4.26. The summed E-state index contributed by atoms with van der Waals surface area (Å²) in [5, 5.41) is 10.3. The Morgan fingerprint density at radius 1 is 1.32 bits per heavy atom. The number of hydrogen-bond acceptors (Lipinski definition) is 4. The molecule has 3 aromatic rings. The minimum atomic E-state index is 0.524. The largest absolute Gasteiger partial charge is 0.338 e. The maximum Gasteiger partial charge on any atom is 0.158 e. The topological polar surface area (TPSA) is 80.5 Å². The van der Waals surface area contributed by atoms with E-state index in [4.69, 9.17) is 22.7 Å². The molecular weight excluding hydrogens is 262 g/mol. The van der Waals surface area contributed by atoms with Crippen molar-refractivity contribution in [1.82, 2.24) is 14.6 Å². The molecule has 0 aliphatic rings. The lowest BCUT2D eigenvalue weighted by molar-refractivity contribution is 1.04. The van der Waals surface area contributed by atoms with Gasteiger partial charge in [0.15, 0.2) is 5.65 Å². The predicted octanol–water partition coefficient (Wildman–Crippen LogP) is 2.34. The molecule has 19 heavy (non-hydrogen) atoms. The van der Waals surface area contributed by atoms with Gasteiger partial charge in [-0.05, 0) is 18.2 Å². The van der Waals surface area contributed by atoms with E-state index >= 15 is 0 Å². The van der Waals surface area contributed by atoms with E-state index < -0.39 is 0 Å². The summed E-state index contributed by atoms with van der Waals surface area (Å²) in [6.45, 7) is 0. The van der Waals surface area contributed by atoms with Crippen molar-refractivity contribution in [3.05, 3.63) is 47.4 Å². The van der Waals surface area contributed by atoms with Crippen molar-refractivity contribution < 1.29 is 0 Å². The van der Waals surface area contributed by atoms with Crippen molar-refractivity contribution in [1.29, 1.82) is 5.26 Å². The average Bonchev–Trinajstić information content (AvgIpc) is 2.75. The first-order chi connectivity index (χ1) is 9.19. The molecule has 0 atom stereocenters. The summed E-state index contributed by atoms with van der Waals surface area (Å²) in [5.74, 6) is 5.85. The second-order valence-electron chi connectivity index (χ2n) is 4.02. The van der Waals surface area contributed by atoms with Crippen LogP contribution < -0.4 is 5.84 Å². The summed E-state index contributed by atoms with van der Waals surface area (Å²) in [4.78, 5) is 8.44. The number of nitriles is 1. The van der Waals surface area contributed by atoms with Crippen molar-refractivity contribution in [3.8, 4) is 17.3 Å². The fourth-order valence-electron chi connectivity index (χ4n) is 1.96. The molecule has 2 N–H and O–H groups in total. The molecule has 0 spiro atoms. The molecule has 0 aliphatic heterocycles. The van der Waals surface area contributed by atoms with Crippen molar-refractivity contribution in [2.24, 2.45) is 0 Å². The van der Waals surface area contributed by atoms with Gasteiger partial charge in [-0.1, -0.05) is 11.6 Å². The first kappa shape index (κ1) is 11.5. The Balaban J connectivity index is 2.30. The Hall–Kier alpha value is -2.58. The van der Waals surface area contributed by atoms with Gasteiger partial charge in [0.1, 0.15) is 0 Å². The van der Waals surface area contributed by atoms with Gasteiger partial charge in [0.05, 0.1) is 22.3 Å². The molecule has 3 heterocycles. The monoisotopic (exact) mass is 269 g/mol. The molecule has 0 aliphatic carbocycles. The van der Waals surface area contributed by atoms with Crippen LogP contribution in [0.25, 0.3) is 22.3 Å². The van der Waals surface area contributed by atoms with Crippen molar-refractivity contribution in [3.63, 3.8) is 0 Å². The molecule has 0 bridgehead atoms. The lowest BCUT2D eigenvalue weighted by Gasteiger charge is -1.99. The lowest BCUT2D eigenvalue weighted by atomic mass is 10.1. The van der Waals surface area contributed by atoms with Crippen LogP contribution >= 0.6 is 11.6 Å². The normalized spacial score (nSPS) is 10.5. The van der Waals surface area contributed by atoms with Crippen LogP contribution in [0.3, 0.4) is 0 Å². The Bertz CT molecular complexity index is 816. The van der Waals surface area contributed by atoms with E-state index in [-0.39, 0.29) is 0 Å². The minimum Gasteiger partial charge on any atom is -0.338 e. The molecule has 92 valence electrons. The molecule has 5 nitrogen and oxygen atoms in total. The van der Waals surface area contributed by atoms with E-state index in [9.17, 15) is 0 Å². The van der Waals surface area contributed by atoms with Crippen LogP contribution in [0.5, 0.6) is 0 Å². The van der Waals surface area contributed by atoms with Crippen molar-refractivity contribution >= 4 is 22.6 Å². The van der Waals surface area contributed by atoms with E-state index in [1.54, 1.807) is 30.6 Å². The third-order valence-corrected chi connectivity index (χ3v) is 3.01. The zero-order valence-electron chi connectivity index (χ0n) is 9.71. The Labute approximate surface area is 113 Å². The number of nitrogens with zero attached hydrogens (tertiary/aromatic N) is 4. The zero-order chi connectivity index (χ0) is 13.4. The van der Waals surface area contributed by atoms with Gasteiger partial charge in [0, 0.05) is 29.5 Å². The molecule has 0 radical (unpaired) electrons. The number of fused-ring (bicyclic) bond motifs is 1. The van der Waals surface area contributed by atoms with Crippen molar-refractivity contribution in [2.75, 3.05) is 5.84 Å². The number of nitrogen functional groups attached to an aromatic ring is 1. The number of rotatable bonds is 1. The van der Waals surface area contributed by atoms with Crippen LogP contribution in [-0.4, -0.2) is 14.6 Å². The first-order valence-corrected chi connectivity index (χ1v) is 5.85. The third-order valence-electron chi connectivity index (χ3n) is 2.80. The zero-order valence-corrected chi connectivity index (χ0v) is 10.5. The van der Waals surface area contributed by atoms with Gasteiger partial charge in [-0.2, -0.15) is 5.26 Å². The standard InChI is InChI=1S/C13H8ClN5/c14-9-4-10-11(7-19(16)13(10)18-6-9)12-3-8(5-15)1-2-17-12/h1-4,6-7H,16H2. The number of halogens is 1. The van der Waals surface area contributed by atoms with Crippen LogP contribution in [0.1, 0.15) is 5.56 Å². The molecule has 0 unspecified atom stereocenters. The highest BCUT2D eigenvalue weighted by atomic mass is 35.5. The third kappa shape index (κ3) is 1.88. The smallest absolute Gasteiger partial charge is 0.158 e. The molecule has 0 saturated carbocycles. The molecule has 0 fully saturated rings. The Morgan fingerprint density at radius 2 is 2.16 bits per heavy atom. The maximum absolute atomic E-state index is 8.93. The number of nitrogens with two attached hydrogens (primary N) is 1. The summed E-state index contributed by atoms with van der Waals surface area (Å²) >= 11 is 5.96. The Morgan fingerprint density at radius 3 is 2.95 bits per heavy atom. The molecular formula is C13H8ClN5. The average molecular weight is 270 g/mol. The minimum absolute atomic E-state index is 0.524. The number of hydrogen-bond donors (Lipinski definition) is 1. The first-order valence-electron chi connectivity index (χ1n) is 5.47.